The summed E-state index contributed by atoms with van der Waals surface area (Å²) in [5.41, 5.74) is 0. The van der Waals surface area contributed by atoms with E-state index in [1.165, 1.54) is 7.05 Å². The Balaban J connectivity index is 2.50. The fourth-order valence-electron chi connectivity index (χ4n) is 1.05. The van der Waals surface area contributed by atoms with Crippen molar-refractivity contribution >= 4 is 6.09 Å². The molecule has 0 aromatic heterocycles. The van der Waals surface area contributed by atoms with Crippen LogP contribution in [0.3, 0.4) is 0 Å². The molecule has 1 heterocycles. The Kier molecular flexibility index (Phi) is 3.64. The van der Waals surface area contributed by atoms with E-state index < -0.39 is 30.7 Å². The highest BCUT2D eigenvalue weighted by Crippen LogP contribution is 2.16. The molecular formula is C7H13NO6. The Labute approximate surface area is 80.2 Å². The van der Waals surface area contributed by atoms with Gasteiger partial charge in [-0.1, -0.05) is 0 Å². The summed E-state index contributed by atoms with van der Waals surface area (Å²) in [5, 5.41) is 29.8. The number of rotatable bonds is 1. The zero-order chi connectivity index (χ0) is 10.7. The zero-order valence-electron chi connectivity index (χ0n) is 7.58. The van der Waals surface area contributed by atoms with Gasteiger partial charge >= 0.3 is 6.09 Å². The average Bonchev–Trinajstić information content (AvgIpc) is 2.19. The minimum atomic E-state index is -1.45. The first-order valence-electron chi connectivity index (χ1n) is 4.10. The number of alkyl carbamates (subject to hydrolysis) is 1. The van der Waals surface area contributed by atoms with E-state index in [0.717, 1.165) is 0 Å². The monoisotopic (exact) mass is 207 g/mol. The summed E-state index contributed by atoms with van der Waals surface area (Å²) in [7, 11) is 1.35. The molecule has 1 aliphatic heterocycles. The van der Waals surface area contributed by atoms with E-state index in [4.69, 9.17) is 9.84 Å². The third-order valence-electron chi connectivity index (χ3n) is 1.88. The lowest BCUT2D eigenvalue weighted by Crippen LogP contribution is -2.54. The molecule has 0 saturated carbocycles. The normalized spacial score (nSPS) is 37.7. The lowest BCUT2D eigenvalue weighted by molar-refractivity contribution is -0.250. The summed E-state index contributed by atoms with van der Waals surface area (Å²) in [6.45, 7) is -0.195. The largest absolute Gasteiger partial charge is 0.417 e. The maximum atomic E-state index is 10.7. The van der Waals surface area contributed by atoms with Crippen LogP contribution in [0.4, 0.5) is 4.79 Å². The molecule has 14 heavy (non-hydrogen) atoms. The number of carbonyl (C=O) groups excluding carboxylic acids is 1. The second-order valence-corrected chi connectivity index (χ2v) is 2.91. The fraction of sp³-hybridized carbons (Fsp3) is 0.857. The van der Waals surface area contributed by atoms with E-state index in [1.807, 2.05) is 0 Å². The standard InChI is InChI=1S/C7H13NO6/c1-8-7(12)14-6-5(11)4(10)3(9)2-13-6/h3-6,9-11H,2H2,1H3,(H,8,12). The molecule has 4 N–H and O–H groups in total. The van der Waals surface area contributed by atoms with Gasteiger partial charge in [0.15, 0.2) is 0 Å². The summed E-state index contributed by atoms with van der Waals surface area (Å²) in [5.74, 6) is 0. The maximum Gasteiger partial charge on any atom is 0.409 e. The van der Waals surface area contributed by atoms with Crippen LogP contribution in [0.5, 0.6) is 0 Å². The molecular weight excluding hydrogens is 194 g/mol. The van der Waals surface area contributed by atoms with Crippen molar-refractivity contribution in [2.45, 2.75) is 24.6 Å². The van der Waals surface area contributed by atoms with Crippen molar-refractivity contribution in [3.05, 3.63) is 0 Å². The Morgan fingerprint density at radius 2 is 2.07 bits per heavy atom. The molecule has 1 aliphatic rings. The van der Waals surface area contributed by atoms with E-state index in [0.29, 0.717) is 0 Å². The van der Waals surface area contributed by atoms with E-state index in [9.17, 15) is 15.0 Å². The van der Waals surface area contributed by atoms with Crippen molar-refractivity contribution in [2.75, 3.05) is 13.7 Å². The zero-order valence-corrected chi connectivity index (χ0v) is 7.58. The first-order chi connectivity index (χ1) is 6.56. The highest BCUT2D eigenvalue weighted by molar-refractivity contribution is 5.66. The highest BCUT2D eigenvalue weighted by Gasteiger charge is 2.39. The van der Waals surface area contributed by atoms with Crippen molar-refractivity contribution in [2.24, 2.45) is 0 Å². The highest BCUT2D eigenvalue weighted by atomic mass is 16.7. The summed E-state index contributed by atoms with van der Waals surface area (Å²) >= 11 is 0. The maximum absolute atomic E-state index is 10.7. The van der Waals surface area contributed by atoms with Crippen LogP contribution in [0.2, 0.25) is 0 Å². The molecule has 1 rings (SSSR count). The number of hydrogen-bond acceptors (Lipinski definition) is 6. The molecule has 1 fully saturated rings. The number of aliphatic hydroxyl groups excluding tert-OH is 3. The van der Waals surface area contributed by atoms with Gasteiger partial charge in [-0.3, -0.25) is 0 Å². The van der Waals surface area contributed by atoms with Crippen LogP contribution in [0, 0.1) is 0 Å². The summed E-state index contributed by atoms with van der Waals surface area (Å²) in [4.78, 5) is 10.7. The predicted octanol–water partition coefficient (Wildman–Crippen LogP) is -2.22. The third-order valence-corrected chi connectivity index (χ3v) is 1.88. The van der Waals surface area contributed by atoms with E-state index in [-0.39, 0.29) is 6.61 Å². The van der Waals surface area contributed by atoms with Gasteiger partial charge in [-0.05, 0) is 0 Å². The number of carbonyl (C=O) groups is 1. The summed E-state index contributed by atoms with van der Waals surface area (Å²) in [6.07, 6.45) is -6.03. The molecule has 4 unspecified atom stereocenters. The molecule has 7 heteroatoms. The molecule has 0 radical (unpaired) electrons. The van der Waals surface area contributed by atoms with Crippen LogP contribution in [0.15, 0.2) is 0 Å². The molecule has 0 bridgehead atoms. The van der Waals surface area contributed by atoms with Gasteiger partial charge in [-0.2, -0.15) is 0 Å². The van der Waals surface area contributed by atoms with Crippen LogP contribution in [0.25, 0.3) is 0 Å². The Morgan fingerprint density at radius 3 is 2.64 bits per heavy atom. The number of aliphatic hydroxyl groups is 3. The predicted molar refractivity (Wildman–Crippen MR) is 43.3 cm³/mol. The molecule has 0 aromatic carbocycles. The Morgan fingerprint density at radius 1 is 1.43 bits per heavy atom. The first-order valence-corrected chi connectivity index (χ1v) is 4.10. The van der Waals surface area contributed by atoms with E-state index in [2.05, 4.69) is 10.1 Å². The van der Waals surface area contributed by atoms with Gasteiger partial charge in [-0.15, -0.1) is 0 Å². The number of nitrogens with one attached hydrogen (secondary N) is 1. The smallest absolute Gasteiger partial charge is 0.409 e. The SMILES string of the molecule is CNC(=O)OC1OCC(O)C(O)C1O. The van der Waals surface area contributed by atoms with Gasteiger partial charge in [0.05, 0.1) is 6.61 Å². The molecule has 0 aromatic rings. The molecule has 1 amide bonds. The van der Waals surface area contributed by atoms with Crippen LogP contribution < -0.4 is 5.32 Å². The van der Waals surface area contributed by atoms with Crippen molar-refractivity contribution < 1.29 is 29.6 Å². The van der Waals surface area contributed by atoms with Gasteiger partial charge < -0.3 is 30.1 Å². The molecule has 4 atom stereocenters. The number of hydrogen-bond donors (Lipinski definition) is 4. The molecule has 82 valence electrons. The van der Waals surface area contributed by atoms with Crippen LogP contribution >= 0.6 is 0 Å². The van der Waals surface area contributed by atoms with Crippen molar-refractivity contribution in [3.8, 4) is 0 Å². The average molecular weight is 207 g/mol. The van der Waals surface area contributed by atoms with Crippen LogP contribution in [0.1, 0.15) is 0 Å². The molecule has 1 saturated heterocycles. The van der Waals surface area contributed by atoms with Gasteiger partial charge in [0, 0.05) is 7.05 Å². The van der Waals surface area contributed by atoms with Gasteiger partial charge in [0.2, 0.25) is 6.29 Å². The van der Waals surface area contributed by atoms with Crippen LogP contribution in [-0.2, 0) is 9.47 Å². The third kappa shape index (κ3) is 2.32. The summed E-state index contributed by atoms with van der Waals surface area (Å²) < 4.78 is 9.38. The Bertz CT molecular complexity index is 210. The molecule has 0 spiro atoms. The fourth-order valence-corrected chi connectivity index (χ4v) is 1.05. The quantitative estimate of drug-likeness (QED) is 0.388. The lowest BCUT2D eigenvalue weighted by Gasteiger charge is -2.34. The van der Waals surface area contributed by atoms with Gasteiger partial charge in [-0.25, -0.2) is 4.79 Å². The topological polar surface area (TPSA) is 108 Å². The van der Waals surface area contributed by atoms with Gasteiger partial charge in [0.25, 0.3) is 0 Å². The van der Waals surface area contributed by atoms with E-state index >= 15 is 0 Å². The van der Waals surface area contributed by atoms with Crippen molar-refractivity contribution in [3.63, 3.8) is 0 Å². The van der Waals surface area contributed by atoms with E-state index in [1.54, 1.807) is 0 Å². The number of amides is 1. The minimum Gasteiger partial charge on any atom is -0.417 e. The molecule has 0 aliphatic carbocycles. The summed E-state index contributed by atoms with van der Waals surface area (Å²) in [6, 6.07) is 0. The Hall–Kier alpha value is -0.890. The second kappa shape index (κ2) is 4.56. The first kappa shape index (κ1) is 11.2. The second-order valence-electron chi connectivity index (χ2n) is 2.91. The number of ether oxygens (including phenoxy) is 2. The van der Waals surface area contributed by atoms with Crippen molar-refractivity contribution in [1.82, 2.24) is 5.32 Å². The molecule has 7 nitrogen and oxygen atoms in total. The minimum absolute atomic E-state index is 0.195. The van der Waals surface area contributed by atoms with Gasteiger partial charge in [0.1, 0.15) is 18.3 Å². The van der Waals surface area contributed by atoms with Crippen molar-refractivity contribution in [1.29, 1.82) is 0 Å². The lowest BCUT2D eigenvalue weighted by atomic mass is 10.1. The van der Waals surface area contributed by atoms with Crippen LogP contribution in [-0.4, -0.2) is 59.7 Å².